The number of fused-ring (bicyclic) bond motifs is 1. The number of aromatic amines is 1. The molecule has 2 amide bonds. The summed E-state index contributed by atoms with van der Waals surface area (Å²) < 4.78 is 5.30. The van der Waals surface area contributed by atoms with Crippen LogP contribution in [0.15, 0.2) is 23.0 Å². The maximum Gasteiger partial charge on any atom is 0.320 e. The molecule has 0 atom stereocenters. The Labute approximate surface area is 161 Å². The summed E-state index contributed by atoms with van der Waals surface area (Å²) >= 11 is 5.95. The minimum atomic E-state index is -0.182. The van der Waals surface area contributed by atoms with Crippen molar-refractivity contribution < 1.29 is 9.53 Å². The lowest BCUT2D eigenvalue weighted by Crippen LogP contribution is -2.54. The minimum absolute atomic E-state index is 0.0899. The van der Waals surface area contributed by atoms with Gasteiger partial charge >= 0.3 is 6.03 Å². The van der Waals surface area contributed by atoms with E-state index in [4.69, 9.17) is 16.3 Å². The number of ether oxygens (including phenoxy) is 1. The predicted octanol–water partition coefficient (Wildman–Crippen LogP) is 1.15. The van der Waals surface area contributed by atoms with Gasteiger partial charge in [0.2, 0.25) is 0 Å². The fraction of sp³-hybridized carbons (Fsp3) is 0.500. The molecule has 9 heteroatoms. The molecule has 2 aliphatic rings. The van der Waals surface area contributed by atoms with Crippen LogP contribution in [0.4, 0.5) is 4.79 Å². The second-order valence-electron chi connectivity index (χ2n) is 6.82. The molecule has 8 nitrogen and oxygen atoms in total. The second kappa shape index (κ2) is 7.84. The van der Waals surface area contributed by atoms with Crippen LogP contribution in [0.5, 0.6) is 0 Å². The summed E-state index contributed by atoms with van der Waals surface area (Å²) in [6.45, 7) is 5.92. The molecule has 1 N–H and O–H groups in total. The molecule has 0 aliphatic carbocycles. The van der Waals surface area contributed by atoms with Crippen molar-refractivity contribution in [3.05, 3.63) is 39.4 Å². The Hall–Kier alpha value is -2.16. The van der Waals surface area contributed by atoms with Crippen LogP contribution >= 0.6 is 11.6 Å². The fourth-order valence-electron chi connectivity index (χ4n) is 3.50. The SMILES string of the molecule is O=C(N1CCOCC1)N1CCN(Cc2nc3ccc(Cl)cc3c(=O)[nH]2)CC1. The van der Waals surface area contributed by atoms with Crippen molar-refractivity contribution in [1.82, 2.24) is 24.7 Å². The number of amides is 2. The Kier molecular flexibility index (Phi) is 5.29. The molecule has 1 aromatic carbocycles. The number of rotatable bonds is 2. The number of benzene rings is 1. The molecule has 2 aromatic rings. The maximum atomic E-state index is 12.5. The number of hydrogen-bond acceptors (Lipinski definition) is 5. The third-order valence-electron chi connectivity index (χ3n) is 5.01. The van der Waals surface area contributed by atoms with Crippen molar-refractivity contribution in [2.24, 2.45) is 0 Å². The molecular weight excluding hydrogens is 370 g/mol. The van der Waals surface area contributed by atoms with Gasteiger partial charge in [-0.25, -0.2) is 9.78 Å². The van der Waals surface area contributed by atoms with E-state index in [1.165, 1.54) is 0 Å². The van der Waals surface area contributed by atoms with Crippen molar-refractivity contribution in [2.75, 3.05) is 52.5 Å². The monoisotopic (exact) mass is 391 g/mol. The number of H-pyrrole nitrogens is 1. The molecule has 2 aliphatic heterocycles. The van der Waals surface area contributed by atoms with E-state index in [1.807, 2.05) is 9.80 Å². The zero-order valence-corrected chi connectivity index (χ0v) is 15.7. The van der Waals surface area contributed by atoms with Gasteiger partial charge < -0.3 is 19.5 Å². The molecule has 0 radical (unpaired) electrons. The van der Waals surface area contributed by atoms with Gasteiger partial charge in [0, 0.05) is 44.3 Å². The second-order valence-corrected chi connectivity index (χ2v) is 7.26. The molecule has 0 bridgehead atoms. The summed E-state index contributed by atoms with van der Waals surface area (Å²) in [6, 6.07) is 5.21. The summed E-state index contributed by atoms with van der Waals surface area (Å²) in [5.74, 6) is 0.628. The first-order valence-electron chi connectivity index (χ1n) is 9.12. The van der Waals surface area contributed by atoms with E-state index in [2.05, 4.69) is 14.9 Å². The summed E-state index contributed by atoms with van der Waals surface area (Å²) in [5, 5.41) is 1.01. The number of halogens is 1. The quantitative estimate of drug-likeness (QED) is 0.830. The first-order chi connectivity index (χ1) is 13.1. The van der Waals surface area contributed by atoms with E-state index < -0.39 is 0 Å². The average molecular weight is 392 g/mol. The van der Waals surface area contributed by atoms with Crippen molar-refractivity contribution >= 4 is 28.5 Å². The van der Waals surface area contributed by atoms with E-state index in [0.29, 0.717) is 67.7 Å². The Bertz CT molecular complexity index is 888. The highest BCUT2D eigenvalue weighted by Gasteiger charge is 2.26. The van der Waals surface area contributed by atoms with E-state index >= 15 is 0 Å². The van der Waals surface area contributed by atoms with Crippen LogP contribution in [0.3, 0.4) is 0 Å². The Morgan fingerprint density at radius 3 is 2.56 bits per heavy atom. The summed E-state index contributed by atoms with van der Waals surface area (Å²) in [4.78, 5) is 38.1. The number of nitrogens with one attached hydrogen (secondary N) is 1. The highest BCUT2D eigenvalue weighted by molar-refractivity contribution is 6.31. The first-order valence-corrected chi connectivity index (χ1v) is 9.50. The van der Waals surface area contributed by atoms with Gasteiger partial charge in [-0.3, -0.25) is 9.69 Å². The Morgan fingerprint density at radius 1 is 1.11 bits per heavy atom. The van der Waals surface area contributed by atoms with Crippen LogP contribution in [0, 0.1) is 0 Å². The zero-order chi connectivity index (χ0) is 18.8. The number of hydrogen-bond donors (Lipinski definition) is 1. The number of urea groups is 1. The van der Waals surface area contributed by atoms with Gasteiger partial charge in [-0.15, -0.1) is 0 Å². The van der Waals surface area contributed by atoms with E-state index in [0.717, 1.165) is 13.1 Å². The van der Waals surface area contributed by atoms with Crippen LogP contribution in [-0.4, -0.2) is 83.2 Å². The molecule has 2 fully saturated rings. The highest BCUT2D eigenvalue weighted by Crippen LogP contribution is 2.15. The van der Waals surface area contributed by atoms with E-state index in [-0.39, 0.29) is 11.6 Å². The summed E-state index contributed by atoms with van der Waals surface area (Å²) in [6.07, 6.45) is 0. The third kappa shape index (κ3) is 4.07. The lowest BCUT2D eigenvalue weighted by Gasteiger charge is -2.38. The van der Waals surface area contributed by atoms with Gasteiger partial charge in [0.25, 0.3) is 5.56 Å². The number of nitrogens with zero attached hydrogens (tertiary/aromatic N) is 4. The largest absolute Gasteiger partial charge is 0.378 e. The van der Waals surface area contributed by atoms with Crippen molar-refractivity contribution in [3.63, 3.8) is 0 Å². The predicted molar refractivity (Wildman–Crippen MR) is 102 cm³/mol. The molecule has 0 saturated carbocycles. The lowest BCUT2D eigenvalue weighted by molar-refractivity contribution is 0.0371. The van der Waals surface area contributed by atoms with Crippen molar-refractivity contribution in [2.45, 2.75) is 6.54 Å². The first kappa shape index (κ1) is 18.2. The van der Waals surface area contributed by atoms with Crippen LogP contribution in [0.1, 0.15) is 5.82 Å². The van der Waals surface area contributed by atoms with E-state index in [9.17, 15) is 9.59 Å². The summed E-state index contributed by atoms with van der Waals surface area (Å²) in [7, 11) is 0. The minimum Gasteiger partial charge on any atom is -0.378 e. The molecule has 0 spiro atoms. The van der Waals surface area contributed by atoms with Crippen molar-refractivity contribution in [3.8, 4) is 0 Å². The maximum absolute atomic E-state index is 12.5. The van der Waals surface area contributed by atoms with Gasteiger partial charge in [0.1, 0.15) is 5.82 Å². The topological polar surface area (TPSA) is 81.8 Å². The van der Waals surface area contributed by atoms with Crippen LogP contribution in [0.25, 0.3) is 10.9 Å². The molecule has 2 saturated heterocycles. The Balaban J connectivity index is 1.38. The van der Waals surface area contributed by atoms with Gasteiger partial charge in [-0.05, 0) is 18.2 Å². The third-order valence-corrected chi connectivity index (χ3v) is 5.25. The summed E-state index contributed by atoms with van der Waals surface area (Å²) in [5.41, 5.74) is 0.456. The molecule has 144 valence electrons. The van der Waals surface area contributed by atoms with Gasteiger partial charge in [-0.1, -0.05) is 11.6 Å². The standard InChI is InChI=1S/C18H22ClN5O3/c19-13-1-2-15-14(11-13)17(25)21-16(20-15)12-22-3-5-23(6-4-22)18(26)24-7-9-27-10-8-24/h1-2,11H,3-10,12H2,(H,20,21,25). The number of carbonyl (C=O) groups is 1. The van der Waals surface area contributed by atoms with Gasteiger partial charge in [0.15, 0.2) is 0 Å². The van der Waals surface area contributed by atoms with Crippen molar-refractivity contribution in [1.29, 1.82) is 0 Å². The van der Waals surface area contributed by atoms with E-state index in [1.54, 1.807) is 18.2 Å². The highest BCUT2D eigenvalue weighted by atomic mass is 35.5. The average Bonchev–Trinajstić information content (AvgIpc) is 2.69. The van der Waals surface area contributed by atoms with Gasteiger partial charge in [-0.2, -0.15) is 0 Å². The molecule has 27 heavy (non-hydrogen) atoms. The smallest absolute Gasteiger partial charge is 0.320 e. The molecular formula is C18H22ClN5O3. The molecule has 3 heterocycles. The lowest BCUT2D eigenvalue weighted by atomic mass is 10.2. The number of piperazine rings is 1. The van der Waals surface area contributed by atoms with Crippen LogP contribution in [-0.2, 0) is 11.3 Å². The fourth-order valence-corrected chi connectivity index (χ4v) is 3.67. The Morgan fingerprint density at radius 2 is 1.81 bits per heavy atom. The van der Waals surface area contributed by atoms with Gasteiger partial charge in [0.05, 0.1) is 30.7 Å². The van der Waals surface area contributed by atoms with Crippen LogP contribution < -0.4 is 5.56 Å². The zero-order valence-electron chi connectivity index (χ0n) is 15.0. The van der Waals surface area contributed by atoms with Crippen LogP contribution in [0.2, 0.25) is 5.02 Å². The number of morpholine rings is 1. The molecule has 4 rings (SSSR count). The number of aromatic nitrogens is 2. The normalized spacial score (nSPS) is 18.9. The number of carbonyl (C=O) groups excluding carboxylic acids is 1. The molecule has 0 unspecified atom stereocenters. The molecule has 1 aromatic heterocycles.